The van der Waals surface area contributed by atoms with Gasteiger partial charge in [0, 0.05) is 25.7 Å². The Kier molecular flexibility index (Phi) is 67.1. The molecule has 0 spiro atoms. The van der Waals surface area contributed by atoms with Crippen molar-refractivity contribution in [3.8, 4) is 0 Å². The summed E-state index contributed by atoms with van der Waals surface area (Å²) in [6.45, 7) is 11.9. The van der Waals surface area contributed by atoms with Crippen LogP contribution in [0.3, 0.4) is 0 Å². The molecule has 0 aliphatic carbocycles. The van der Waals surface area contributed by atoms with E-state index >= 15 is 0 Å². The summed E-state index contributed by atoms with van der Waals surface area (Å²) < 4.78 is 68.5. The Bertz CT molecular complexity index is 1890. The van der Waals surface area contributed by atoms with Crippen molar-refractivity contribution in [2.45, 2.75) is 420 Å². The molecule has 0 bridgehead atoms. The van der Waals surface area contributed by atoms with E-state index in [-0.39, 0.29) is 25.7 Å². The van der Waals surface area contributed by atoms with Crippen molar-refractivity contribution in [3.63, 3.8) is 0 Å². The van der Waals surface area contributed by atoms with E-state index in [0.717, 1.165) is 108 Å². The van der Waals surface area contributed by atoms with E-state index in [1.54, 1.807) is 0 Å². The summed E-state index contributed by atoms with van der Waals surface area (Å²) in [6, 6.07) is 0. The Labute approximate surface area is 594 Å². The average Bonchev–Trinajstić information content (AvgIpc) is 2.97. The maximum Gasteiger partial charge on any atom is 0.472 e. The number of hydrogen-bond donors (Lipinski definition) is 3. The van der Waals surface area contributed by atoms with Gasteiger partial charge in [0.1, 0.15) is 19.3 Å². The minimum Gasteiger partial charge on any atom is -0.462 e. The van der Waals surface area contributed by atoms with Gasteiger partial charge in [-0.1, -0.05) is 350 Å². The van der Waals surface area contributed by atoms with E-state index in [9.17, 15) is 43.2 Å². The van der Waals surface area contributed by atoms with E-state index < -0.39 is 97.5 Å². The molecule has 0 fully saturated rings. The summed E-state index contributed by atoms with van der Waals surface area (Å²) in [5.41, 5.74) is 0. The summed E-state index contributed by atoms with van der Waals surface area (Å²) in [4.78, 5) is 72.8. The third kappa shape index (κ3) is 70.9. The van der Waals surface area contributed by atoms with Gasteiger partial charge in [0.25, 0.3) is 0 Å². The molecule has 19 heteroatoms. The minimum atomic E-state index is -4.96. The van der Waals surface area contributed by atoms with Crippen LogP contribution in [0.15, 0.2) is 0 Å². The zero-order chi connectivity index (χ0) is 71.6. The van der Waals surface area contributed by atoms with Crippen molar-refractivity contribution in [3.05, 3.63) is 0 Å². The van der Waals surface area contributed by atoms with Crippen LogP contribution in [0.1, 0.15) is 402 Å². The molecule has 0 aliphatic heterocycles. The normalized spacial score (nSPS) is 14.3. The summed E-state index contributed by atoms with van der Waals surface area (Å²) >= 11 is 0. The van der Waals surface area contributed by atoms with Gasteiger partial charge in [0.05, 0.1) is 26.4 Å². The second-order valence-corrected chi connectivity index (χ2v) is 32.2. The molecule has 3 N–H and O–H groups in total. The predicted octanol–water partition coefficient (Wildman–Crippen LogP) is 23.0. The topological polar surface area (TPSA) is 237 Å². The molecule has 0 radical (unpaired) electrons. The Morgan fingerprint density at radius 1 is 0.299 bits per heavy atom. The lowest BCUT2D eigenvalue weighted by atomic mass is 9.99. The number of hydrogen-bond acceptors (Lipinski definition) is 15. The predicted molar refractivity (Wildman–Crippen MR) is 395 cm³/mol. The Morgan fingerprint density at radius 2 is 0.526 bits per heavy atom. The maximum absolute atomic E-state index is 13.1. The number of phosphoric ester groups is 2. The number of esters is 4. The highest BCUT2D eigenvalue weighted by Gasteiger charge is 2.30. The van der Waals surface area contributed by atoms with Gasteiger partial charge in [-0.15, -0.1) is 0 Å². The molecule has 17 nitrogen and oxygen atoms in total. The van der Waals surface area contributed by atoms with Crippen LogP contribution in [0, 0.1) is 17.8 Å². The van der Waals surface area contributed by atoms with Crippen LogP contribution in [0.2, 0.25) is 0 Å². The molecule has 3 unspecified atom stereocenters. The number of carbonyl (C=O) groups is 4. The standard InChI is InChI=1S/C78H152O17P2/c1-8-10-11-12-13-28-38-45-52-59-75(80)88-65-73(95-78(83)62-55-48-41-34-27-30-36-43-50-57-70(5)6)67-92-96(84,85)90-63-72(79)64-91-97(86,87)93-68-74(66-89-76(81)60-53-46-39-32-26-22-23-29-35-42-49-56-69(3)4)94-77(82)61-54-47-40-33-25-21-19-17-15-14-16-18-20-24-31-37-44-51-58-71(7)9-2/h69-74,79H,8-68H2,1-7H3,(H,84,85)(H,86,87)/t71?,72-,73+,74+/m0/s1. The lowest BCUT2D eigenvalue weighted by Crippen LogP contribution is -2.30. The number of phosphoric acid groups is 2. The molecular weight excluding hydrogens is 1270 g/mol. The van der Waals surface area contributed by atoms with Crippen LogP contribution in [0.5, 0.6) is 0 Å². The van der Waals surface area contributed by atoms with Gasteiger partial charge >= 0.3 is 39.5 Å². The second kappa shape index (κ2) is 68.5. The van der Waals surface area contributed by atoms with Gasteiger partial charge in [-0.2, -0.15) is 0 Å². The second-order valence-electron chi connectivity index (χ2n) is 29.3. The number of aliphatic hydroxyl groups excluding tert-OH is 1. The highest BCUT2D eigenvalue weighted by molar-refractivity contribution is 7.47. The molecule has 0 aliphatic rings. The van der Waals surface area contributed by atoms with Gasteiger partial charge < -0.3 is 33.8 Å². The summed E-state index contributed by atoms with van der Waals surface area (Å²) in [5.74, 6) is 0.261. The molecule has 0 aromatic heterocycles. The molecule has 0 rings (SSSR count). The van der Waals surface area contributed by atoms with Gasteiger partial charge in [-0.05, 0) is 43.4 Å². The molecular formula is C78H152O17P2. The SMILES string of the molecule is CCCCCCCCCCCC(=O)OC[C@H](COP(=O)(O)OC[C@H](O)COP(=O)(O)OC[C@@H](COC(=O)CCCCCCCCCCCCCC(C)C)OC(=O)CCCCCCCCCCCCCCCCCCCCC(C)CC)OC(=O)CCCCCCCCCCCC(C)C. The largest absolute Gasteiger partial charge is 0.472 e. The van der Waals surface area contributed by atoms with Gasteiger partial charge in [0.15, 0.2) is 12.2 Å². The van der Waals surface area contributed by atoms with Crippen LogP contribution in [-0.4, -0.2) is 96.7 Å². The Morgan fingerprint density at radius 3 is 0.784 bits per heavy atom. The first-order chi connectivity index (χ1) is 46.8. The van der Waals surface area contributed by atoms with Crippen LogP contribution in [-0.2, 0) is 65.4 Å². The number of aliphatic hydroxyl groups is 1. The lowest BCUT2D eigenvalue weighted by molar-refractivity contribution is -0.161. The summed E-state index contributed by atoms with van der Waals surface area (Å²) in [5, 5.41) is 10.6. The van der Waals surface area contributed by atoms with E-state index in [1.165, 1.54) is 212 Å². The minimum absolute atomic E-state index is 0.105. The molecule has 0 aromatic carbocycles. The summed E-state index contributed by atoms with van der Waals surface area (Å²) in [6.07, 6.45) is 55.5. The number of unbranched alkanes of at least 4 members (excludes halogenated alkanes) is 43. The summed E-state index contributed by atoms with van der Waals surface area (Å²) in [7, 11) is -9.91. The smallest absolute Gasteiger partial charge is 0.462 e. The Balaban J connectivity index is 5.19. The third-order valence-corrected chi connectivity index (χ3v) is 20.4. The van der Waals surface area contributed by atoms with E-state index in [4.69, 9.17) is 37.0 Å². The highest BCUT2D eigenvalue weighted by Crippen LogP contribution is 2.45. The van der Waals surface area contributed by atoms with Gasteiger partial charge in [0.2, 0.25) is 0 Å². The lowest BCUT2D eigenvalue weighted by Gasteiger charge is -2.21. The molecule has 576 valence electrons. The van der Waals surface area contributed by atoms with Gasteiger partial charge in [-0.25, -0.2) is 9.13 Å². The van der Waals surface area contributed by atoms with E-state index in [0.29, 0.717) is 25.7 Å². The fourth-order valence-corrected chi connectivity index (χ4v) is 13.5. The number of rotatable bonds is 76. The fraction of sp³-hybridized carbons (Fsp3) is 0.949. The van der Waals surface area contributed by atoms with Gasteiger partial charge in [-0.3, -0.25) is 37.3 Å². The molecule has 0 heterocycles. The molecule has 0 aromatic rings. The molecule has 0 saturated carbocycles. The maximum atomic E-state index is 13.1. The van der Waals surface area contributed by atoms with Crippen LogP contribution in [0.25, 0.3) is 0 Å². The van der Waals surface area contributed by atoms with Crippen LogP contribution >= 0.6 is 15.6 Å². The first kappa shape index (κ1) is 95.1. The van der Waals surface area contributed by atoms with E-state index in [1.807, 2.05) is 0 Å². The zero-order valence-electron chi connectivity index (χ0n) is 63.5. The van der Waals surface area contributed by atoms with Crippen LogP contribution < -0.4 is 0 Å². The van der Waals surface area contributed by atoms with Crippen molar-refractivity contribution in [1.82, 2.24) is 0 Å². The van der Waals surface area contributed by atoms with Crippen molar-refractivity contribution >= 4 is 39.5 Å². The monoisotopic (exact) mass is 1420 g/mol. The van der Waals surface area contributed by atoms with Crippen LogP contribution in [0.4, 0.5) is 0 Å². The van der Waals surface area contributed by atoms with Crippen molar-refractivity contribution in [1.29, 1.82) is 0 Å². The quantitative estimate of drug-likeness (QED) is 0.0222. The first-order valence-electron chi connectivity index (χ1n) is 40.4. The highest BCUT2D eigenvalue weighted by atomic mass is 31.2. The number of ether oxygens (including phenoxy) is 4. The molecule has 0 saturated heterocycles. The Hall–Kier alpha value is -1.94. The number of carbonyl (C=O) groups excluding carboxylic acids is 4. The zero-order valence-corrected chi connectivity index (χ0v) is 65.3. The third-order valence-electron chi connectivity index (χ3n) is 18.5. The van der Waals surface area contributed by atoms with Crippen molar-refractivity contribution < 1.29 is 80.2 Å². The fourth-order valence-electron chi connectivity index (χ4n) is 11.9. The first-order valence-corrected chi connectivity index (χ1v) is 43.4. The van der Waals surface area contributed by atoms with E-state index in [2.05, 4.69) is 48.5 Å². The molecule has 97 heavy (non-hydrogen) atoms. The van der Waals surface area contributed by atoms with Crippen molar-refractivity contribution in [2.75, 3.05) is 39.6 Å². The molecule has 6 atom stereocenters. The van der Waals surface area contributed by atoms with Crippen molar-refractivity contribution in [2.24, 2.45) is 17.8 Å². The molecule has 0 amide bonds. The average molecular weight is 1420 g/mol.